The Morgan fingerprint density at radius 1 is 1.24 bits per heavy atom. The van der Waals surface area contributed by atoms with E-state index in [-0.39, 0.29) is 23.9 Å². The minimum Gasteiger partial charge on any atom is -0.335 e. The van der Waals surface area contributed by atoms with Crippen LogP contribution in [0, 0.1) is 6.92 Å². The van der Waals surface area contributed by atoms with Gasteiger partial charge < -0.3 is 14.9 Å². The molecule has 1 atom stereocenters. The highest BCUT2D eigenvalue weighted by Gasteiger charge is 2.30. The third kappa shape index (κ3) is 3.85. The minimum absolute atomic E-state index is 0.0214. The lowest BCUT2D eigenvalue weighted by atomic mass is 10.0. The van der Waals surface area contributed by atoms with Crippen LogP contribution in [-0.4, -0.2) is 46.5 Å². The topological polar surface area (TPSA) is 72.2 Å². The molecule has 2 N–H and O–H groups in total. The van der Waals surface area contributed by atoms with Crippen LogP contribution in [-0.2, 0) is 17.8 Å². The molecular formula is C19H26N4O2. The van der Waals surface area contributed by atoms with E-state index in [4.69, 9.17) is 0 Å². The monoisotopic (exact) mass is 342 g/mol. The Labute approximate surface area is 147 Å². The highest BCUT2D eigenvalue weighted by molar-refractivity contribution is 5.79. The van der Waals surface area contributed by atoms with Crippen molar-refractivity contribution in [2.24, 2.45) is 0 Å². The van der Waals surface area contributed by atoms with E-state index in [0.29, 0.717) is 5.56 Å². The molecule has 6 nitrogen and oxygen atoms in total. The van der Waals surface area contributed by atoms with Gasteiger partial charge in [-0.05, 0) is 45.0 Å². The van der Waals surface area contributed by atoms with Gasteiger partial charge in [-0.1, -0.05) is 24.3 Å². The fourth-order valence-corrected chi connectivity index (χ4v) is 3.56. The fourth-order valence-electron chi connectivity index (χ4n) is 3.56. The molecule has 1 aliphatic rings. The van der Waals surface area contributed by atoms with Gasteiger partial charge in [0, 0.05) is 24.3 Å². The van der Waals surface area contributed by atoms with Crippen molar-refractivity contribution in [1.82, 2.24) is 20.0 Å². The number of nitrogens with zero attached hydrogens (tertiary/aromatic N) is 2. The number of likely N-dealkylation sites (tertiary alicyclic amines) is 1. The predicted molar refractivity (Wildman–Crippen MR) is 97.4 cm³/mol. The van der Waals surface area contributed by atoms with Gasteiger partial charge in [0.25, 0.3) is 5.56 Å². The predicted octanol–water partition coefficient (Wildman–Crippen LogP) is 1.98. The average molecular weight is 342 g/mol. The lowest BCUT2D eigenvalue weighted by molar-refractivity contribution is -0.131. The van der Waals surface area contributed by atoms with Gasteiger partial charge in [-0.3, -0.25) is 14.7 Å². The summed E-state index contributed by atoms with van der Waals surface area (Å²) in [6.07, 6.45) is 2.12. The molecule has 1 saturated heterocycles. The molecule has 1 aliphatic heterocycles. The summed E-state index contributed by atoms with van der Waals surface area (Å²) in [5.41, 5.74) is 3.51. The van der Waals surface area contributed by atoms with Crippen LogP contribution < -0.4 is 5.56 Å². The second kappa shape index (κ2) is 7.27. The molecule has 1 aromatic heterocycles. The zero-order valence-corrected chi connectivity index (χ0v) is 15.1. The van der Waals surface area contributed by atoms with Crippen molar-refractivity contribution in [3.63, 3.8) is 0 Å². The smallest absolute Gasteiger partial charge is 0.267 e. The highest BCUT2D eigenvalue weighted by atomic mass is 16.2. The first-order chi connectivity index (χ1) is 12.0. The Morgan fingerprint density at radius 3 is 2.56 bits per heavy atom. The summed E-state index contributed by atoms with van der Waals surface area (Å²) in [4.78, 5) is 28.6. The third-order valence-corrected chi connectivity index (χ3v) is 4.85. The number of H-pyrrole nitrogens is 2. The molecule has 134 valence electrons. The fraction of sp³-hybridized carbons (Fsp3) is 0.474. The van der Waals surface area contributed by atoms with E-state index >= 15 is 0 Å². The number of aromatic nitrogens is 2. The van der Waals surface area contributed by atoms with Crippen LogP contribution in [0.3, 0.4) is 0 Å². The van der Waals surface area contributed by atoms with Crippen molar-refractivity contribution in [3.8, 4) is 0 Å². The van der Waals surface area contributed by atoms with Crippen LogP contribution in [0.4, 0.5) is 0 Å². The van der Waals surface area contributed by atoms with Crippen LogP contribution in [0.5, 0.6) is 0 Å². The second-order valence-electron chi connectivity index (χ2n) is 7.08. The molecule has 0 bridgehead atoms. The lowest BCUT2D eigenvalue weighted by Gasteiger charge is -2.25. The number of amides is 1. The Bertz CT molecular complexity index is 789. The summed E-state index contributed by atoms with van der Waals surface area (Å²) in [5.74, 6) is 0.0214. The lowest BCUT2D eigenvalue weighted by Crippen LogP contribution is -2.33. The maximum Gasteiger partial charge on any atom is 0.267 e. The zero-order valence-electron chi connectivity index (χ0n) is 15.1. The van der Waals surface area contributed by atoms with Gasteiger partial charge >= 0.3 is 0 Å². The first-order valence-electron chi connectivity index (χ1n) is 8.75. The molecule has 0 aliphatic carbocycles. The largest absolute Gasteiger partial charge is 0.335 e. The van der Waals surface area contributed by atoms with Gasteiger partial charge in [0.15, 0.2) is 0 Å². The molecular weight excluding hydrogens is 316 g/mol. The standard InChI is InChI=1S/C19H26N4O2/c1-13-16(19(25)21-20-13)11-18(24)23-10-4-5-17(23)15-8-6-14(7-9-15)12-22(2)3/h6-9,17H,4-5,10-12H2,1-3H3,(H2,20,21,25). The van der Waals surface area contributed by atoms with E-state index < -0.39 is 0 Å². The van der Waals surface area contributed by atoms with E-state index in [1.807, 2.05) is 11.8 Å². The van der Waals surface area contributed by atoms with Crippen molar-refractivity contribution in [2.75, 3.05) is 20.6 Å². The Balaban J connectivity index is 1.73. The minimum atomic E-state index is -0.199. The zero-order chi connectivity index (χ0) is 18.0. The molecule has 1 aromatic carbocycles. The van der Waals surface area contributed by atoms with Crippen molar-refractivity contribution in [2.45, 2.75) is 38.8 Å². The number of hydrogen-bond donors (Lipinski definition) is 2. The molecule has 25 heavy (non-hydrogen) atoms. The first-order valence-corrected chi connectivity index (χ1v) is 8.75. The maximum atomic E-state index is 12.8. The number of benzene rings is 1. The number of rotatable bonds is 5. The summed E-state index contributed by atoms with van der Waals surface area (Å²) in [6, 6.07) is 8.64. The van der Waals surface area contributed by atoms with Crippen LogP contribution in [0.1, 0.15) is 41.3 Å². The molecule has 1 unspecified atom stereocenters. The number of carbonyl (C=O) groups excluding carboxylic acids is 1. The van der Waals surface area contributed by atoms with Crippen LogP contribution in [0.25, 0.3) is 0 Å². The number of nitrogens with one attached hydrogen (secondary N) is 2. The molecule has 6 heteroatoms. The van der Waals surface area contributed by atoms with Gasteiger partial charge in [0.2, 0.25) is 5.91 Å². The Morgan fingerprint density at radius 2 is 1.96 bits per heavy atom. The van der Waals surface area contributed by atoms with Crippen LogP contribution in [0.15, 0.2) is 29.1 Å². The van der Waals surface area contributed by atoms with Gasteiger partial charge in [0.05, 0.1) is 12.5 Å². The Hall–Kier alpha value is -2.34. The summed E-state index contributed by atoms with van der Waals surface area (Å²) in [5, 5.41) is 5.33. The SMILES string of the molecule is Cc1[nH][nH]c(=O)c1CC(=O)N1CCCC1c1ccc(CN(C)C)cc1. The number of aryl methyl sites for hydroxylation is 1. The average Bonchev–Trinajstić information content (AvgIpc) is 3.17. The van der Waals surface area contributed by atoms with Gasteiger partial charge in [-0.15, -0.1) is 0 Å². The summed E-state index contributed by atoms with van der Waals surface area (Å²) >= 11 is 0. The molecule has 2 heterocycles. The maximum absolute atomic E-state index is 12.8. The molecule has 1 fully saturated rings. The van der Waals surface area contributed by atoms with Gasteiger partial charge in [0.1, 0.15) is 0 Å². The van der Waals surface area contributed by atoms with E-state index in [1.165, 1.54) is 11.1 Å². The first kappa shape index (κ1) is 17.5. The van der Waals surface area contributed by atoms with E-state index in [9.17, 15) is 9.59 Å². The molecule has 0 saturated carbocycles. The summed E-state index contributed by atoms with van der Waals surface area (Å²) in [7, 11) is 4.10. The molecule has 0 radical (unpaired) electrons. The van der Waals surface area contributed by atoms with Crippen LogP contribution >= 0.6 is 0 Å². The normalized spacial score (nSPS) is 17.4. The van der Waals surface area contributed by atoms with Gasteiger partial charge in [-0.2, -0.15) is 0 Å². The summed E-state index contributed by atoms with van der Waals surface area (Å²) < 4.78 is 0. The molecule has 3 rings (SSSR count). The Kier molecular flexibility index (Phi) is 5.08. The van der Waals surface area contributed by atoms with E-state index in [0.717, 1.165) is 31.6 Å². The van der Waals surface area contributed by atoms with Crippen molar-refractivity contribution in [3.05, 3.63) is 57.0 Å². The number of hydrogen-bond acceptors (Lipinski definition) is 3. The summed E-state index contributed by atoms with van der Waals surface area (Å²) in [6.45, 7) is 3.47. The molecule has 2 aromatic rings. The number of carbonyl (C=O) groups is 1. The van der Waals surface area contributed by atoms with Crippen molar-refractivity contribution < 1.29 is 4.79 Å². The second-order valence-corrected chi connectivity index (χ2v) is 7.08. The molecule has 0 spiro atoms. The van der Waals surface area contributed by atoms with E-state index in [2.05, 4.69) is 53.5 Å². The quantitative estimate of drug-likeness (QED) is 0.873. The number of aromatic amines is 2. The highest BCUT2D eigenvalue weighted by Crippen LogP contribution is 2.32. The van der Waals surface area contributed by atoms with Crippen LogP contribution in [0.2, 0.25) is 0 Å². The van der Waals surface area contributed by atoms with Gasteiger partial charge in [-0.25, -0.2) is 0 Å². The van der Waals surface area contributed by atoms with E-state index in [1.54, 1.807) is 0 Å². The van der Waals surface area contributed by atoms with Crippen molar-refractivity contribution in [1.29, 1.82) is 0 Å². The van der Waals surface area contributed by atoms with Crippen molar-refractivity contribution >= 4 is 5.91 Å². The molecule has 1 amide bonds. The third-order valence-electron chi connectivity index (χ3n) is 4.85.